The predicted octanol–water partition coefficient (Wildman–Crippen LogP) is 3.95. The summed E-state index contributed by atoms with van der Waals surface area (Å²) in [5, 5.41) is 11.0. The third kappa shape index (κ3) is 4.30. The second-order valence-corrected chi connectivity index (χ2v) is 11.9. The lowest BCUT2D eigenvalue weighted by molar-refractivity contribution is 0.0657. The van der Waals surface area contributed by atoms with Crippen molar-refractivity contribution in [2.24, 2.45) is 23.7 Å². The molecule has 4 nitrogen and oxygen atoms in total. The highest BCUT2D eigenvalue weighted by Crippen LogP contribution is 2.61. The van der Waals surface area contributed by atoms with Gasteiger partial charge < -0.3 is 18.4 Å². The van der Waals surface area contributed by atoms with Crippen LogP contribution in [0, 0.1) is 23.7 Å². The summed E-state index contributed by atoms with van der Waals surface area (Å²) in [5.41, 5.74) is 0. The standard InChI is InChI=1S/C19H36O4SSi/c1-4-21-25(22-5-2,23-6-3)11-7-10-24-18-9-8-15-14-12-16(19(15)18)17(20)13-14/h14-20H,4-13H2,1-3H3. The van der Waals surface area contributed by atoms with Crippen LogP contribution < -0.4 is 0 Å². The van der Waals surface area contributed by atoms with Gasteiger partial charge >= 0.3 is 8.80 Å². The second-order valence-electron chi connectivity index (χ2n) is 7.78. The normalized spacial score (nSPS) is 37.0. The molecule has 25 heavy (non-hydrogen) atoms. The molecule has 0 aromatic heterocycles. The molecule has 0 aromatic rings. The summed E-state index contributed by atoms with van der Waals surface area (Å²) in [5.74, 6) is 4.27. The van der Waals surface area contributed by atoms with Crippen molar-refractivity contribution < 1.29 is 18.4 Å². The van der Waals surface area contributed by atoms with Gasteiger partial charge in [0.25, 0.3) is 0 Å². The molecule has 1 N–H and O–H groups in total. The fourth-order valence-electron chi connectivity index (χ4n) is 5.73. The number of aliphatic hydroxyl groups excluding tert-OH is 1. The largest absolute Gasteiger partial charge is 0.500 e. The molecular formula is C19H36O4SSi. The van der Waals surface area contributed by atoms with Gasteiger partial charge in [-0.05, 0) is 82.3 Å². The molecule has 3 rings (SSSR count). The van der Waals surface area contributed by atoms with Crippen molar-refractivity contribution >= 4 is 20.6 Å². The Morgan fingerprint density at radius 2 is 1.64 bits per heavy atom. The number of rotatable bonds is 11. The van der Waals surface area contributed by atoms with E-state index in [0.717, 1.165) is 47.6 Å². The first-order chi connectivity index (χ1) is 12.1. The van der Waals surface area contributed by atoms with Gasteiger partial charge in [0.1, 0.15) is 0 Å². The Morgan fingerprint density at radius 1 is 0.960 bits per heavy atom. The minimum absolute atomic E-state index is 0.0126. The van der Waals surface area contributed by atoms with Gasteiger partial charge in [0.05, 0.1) is 6.10 Å². The molecular weight excluding hydrogens is 352 g/mol. The highest BCUT2D eigenvalue weighted by molar-refractivity contribution is 7.99. The molecule has 2 bridgehead atoms. The smallest absolute Gasteiger partial charge is 0.393 e. The van der Waals surface area contributed by atoms with Crippen LogP contribution in [0.2, 0.25) is 6.04 Å². The fourth-order valence-corrected chi connectivity index (χ4v) is 10.1. The van der Waals surface area contributed by atoms with E-state index in [1.165, 1.54) is 19.3 Å². The van der Waals surface area contributed by atoms with E-state index in [9.17, 15) is 5.11 Å². The highest BCUT2D eigenvalue weighted by atomic mass is 32.2. The number of hydrogen-bond acceptors (Lipinski definition) is 5. The van der Waals surface area contributed by atoms with Crippen LogP contribution in [0.1, 0.15) is 52.9 Å². The van der Waals surface area contributed by atoms with E-state index in [2.05, 4.69) is 11.8 Å². The Bertz CT molecular complexity index is 407. The maximum absolute atomic E-state index is 10.3. The van der Waals surface area contributed by atoms with Crippen molar-refractivity contribution in [1.82, 2.24) is 0 Å². The molecule has 3 aliphatic carbocycles. The van der Waals surface area contributed by atoms with Crippen LogP contribution in [0.5, 0.6) is 0 Å². The van der Waals surface area contributed by atoms with Crippen molar-refractivity contribution in [3.8, 4) is 0 Å². The molecule has 0 aromatic carbocycles. The molecule has 3 fully saturated rings. The molecule has 6 unspecified atom stereocenters. The van der Waals surface area contributed by atoms with Crippen molar-refractivity contribution in [2.75, 3.05) is 25.6 Å². The minimum atomic E-state index is -2.48. The Hall–Kier alpha value is 0.407. The average Bonchev–Trinajstić information content (AvgIpc) is 3.24. The first-order valence-electron chi connectivity index (χ1n) is 10.4. The molecule has 6 heteroatoms. The zero-order chi connectivity index (χ0) is 17.9. The number of hydrogen-bond donors (Lipinski definition) is 1. The summed E-state index contributed by atoms with van der Waals surface area (Å²) in [6.07, 6.45) is 6.20. The molecule has 146 valence electrons. The Kier molecular flexibility index (Phi) is 7.31. The topological polar surface area (TPSA) is 47.9 Å². The Labute approximate surface area is 158 Å². The lowest BCUT2D eigenvalue weighted by atomic mass is 9.80. The lowest BCUT2D eigenvalue weighted by Crippen LogP contribution is -2.46. The summed E-state index contributed by atoms with van der Waals surface area (Å²) >= 11 is 2.14. The van der Waals surface area contributed by atoms with Crippen LogP contribution in [0.25, 0.3) is 0 Å². The van der Waals surface area contributed by atoms with Crippen molar-refractivity contribution in [3.05, 3.63) is 0 Å². The van der Waals surface area contributed by atoms with Crippen LogP contribution >= 0.6 is 11.8 Å². The molecule has 0 aliphatic heterocycles. The highest BCUT2D eigenvalue weighted by Gasteiger charge is 2.56. The summed E-state index contributed by atoms with van der Waals surface area (Å²) < 4.78 is 17.9. The summed E-state index contributed by atoms with van der Waals surface area (Å²) in [7, 11) is -2.48. The monoisotopic (exact) mass is 388 g/mol. The van der Waals surface area contributed by atoms with E-state index < -0.39 is 8.80 Å². The predicted molar refractivity (Wildman–Crippen MR) is 105 cm³/mol. The van der Waals surface area contributed by atoms with E-state index in [4.69, 9.17) is 13.3 Å². The van der Waals surface area contributed by atoms with E-state index in [1.807, 2.05) is 20.8 Å². The number of fused-ring (bicyclic) bond motifs is 5. The van der Waals surface area contributed by atoms with Crippen LogP contribution in [-0.2, 0) is 13.3 Å². The quantitative estimate of drug-likeness (QED) is 0.429. The zero-order valence-electron chi connectivity index (χ0n) is 16.1. The third-order valence-corrected chi connectivity index (χ3v) is 11.1. The van der Waals surface area contributed by atoms with Gasteiger partial charge in [-0.2, -0.15) is 11.8 Å². The third-order valence-electron chi connectivity index (χ3n) is 6.47. The number of thioether (sulfide) groups is 1. The lowest BCUT2D eigenvalue weighted by Gasteiger charge is -2.32. The molecule has 0 spiro atoms. The molecule has 6 atom stereocenters. The second kappa shape index (κ2) is 9.07. The summed E-state index contributed by atoms with van der Waals surface area (Å²) in [6, 6.07) is 0.922. The maximum Gasteiger partial charge on any atom is 0.500 e. The molecule has 0 heterocycles. The van der Waals surface area contributed by atoms with Gasteiger partial charge in [0.15, 0.2) is 0 Å². The van der Waals surface area contributed by atoms with Gasteiger partial charge in [0.2, 0.25) is 0 Å². The van der Waals surface area contributed by atoms with Crippen molar-refractivity contribution in [2.45, 2.75) is 70.3 Å². The molecule has 0 radical (unpaired) electrons. The van der Waals surface area contributed by atoms with Crippen LogP contribution in [-0.4, -0.2) is 50.8 Å². The molecule has 0 amide bonds. The van der Waals surface area contributed by atoms with E-state index in [-0.39, 0.29) is 6.10 Å². The average molecular weight is 389 g/mol. The summed E-state index contributed by atoms with van der Waals surface area (Å²) in [4.78, 5) is 0. The molecule has 0 saturated heterocycles. The van der Waals surface area contributed by atoms with E-state index in [1.54, 1.807) is 0 Å². The van der Waals surface area contributed by atoms with E-state index >= 15 is 0 Å². The van der Waals surface area contributed by atoms with Gasteiger partial charge in [0, 0.05) is 31.1 Å². The van der Waals surface area contributed by atoms with Gasteiger partial charge in [-0.3, -0.25) is 0 Å². The minimum Gasteiger partial charge on any atom is -0.393 e. The maximum atomic E-state index is 10.3. The van der Waals surface area contributed by atoms with Gasteiger partial charge in [-0.1, -0.05) is 0 Å². The first-order valence-corrected chi connectivity index (χ1v) is 13.3. The van der Waals surface area contributed by atoms with Crippen LogP contribution in [0.4, 0.5) is 0 Å². The van der Waals surface area contributed by atoms with Crippen molar-refractivity contribution in [3.63, 3.8) is 0 Å². The van der Waals surface area contributed by atoms with Gasteiger partial charge in [-0.15, -0.1) is 0 Å². The Morgan fingerprint density at radius 3 is 2.28 bits per heavy atom. The summed E-state index contributed by atoms with van der Waals surface area (Å²) in [6.45, 7) is 8.04. The van der Waals surface area contributed by atoms with Crippen LogP contribution in [0.3, 0.4) is 0 Å². The first kappa shape index (κ1) is 20.1. The fraction of sp³-hybridized carbons (Fsp3) is 1.00. The van der Waals surface area contributed by atoms with Crippen molar-refractivity contribution in [1.29, 1.82) is 0 Å². The van der Waals surface area contributed by atoms with E-state index in [0.29, 0.717) is 25.7 Å². The SMILES string of the molecule is CCO[Si](CCCSC1CCC2C3CC(O)C(C3)C12)(OCC)OCC. The number of aliphatic hydroxyl groups is 1. The van der Waals surface area contributed by atoms with Crippen LogP contribution in [0.15, 0.2) is 0 Å². The van der Waals surface area contributed by atoms with Gasteiger partial charge in [-0.25, -0.2) is 0 Å². The zero-order valence-corrected chi connectivity index (χ0v) is 17.9. The molecule has 3 saturated carbocycles. The Balaban J connectivity index is 1.46. The molecule has 3 aliphatic rings.